The van der Waals surface area contributed by atoms with Gasteiger partial charge in [-0.15, -0.1) is 0 Å². The normalized spacial score (nSPS) is 10.2. The first-order valence-electron chi connectivity index (χ1n) is 4.49. The van der Waals surface area contributed by atoms with Gasteiger partial charge >= 0.3 is 0 Å². The molecule has 0 aliphatic rings. The molecule has 0 saturated heterocycles. The van der Waals surface area contributed by atoms with Crippen molar-refractivity contribution in [2.45, 2.75) is 13.3 Å². The summed E-state index contributed by atoms with van der Waals surface area (Å²) in [7, 11) is 0. The summed E-state index contributed by atoms with van der Waals surface area (Å²) < 4.78 is 0. The second-order valence-corrected chi connectivity index (χ2v) is 2.94. The van der Waals surface area contributed by atoms with Gasteiger partial charge in [0.1, 0.15) is 0 Å². The van der Waals surface area contributed by atoms with Gasteiger partial charge < -0.3 is 4.98 Å². The van der Waals surface area contributed by atoms with Crippen LogP contribution in [-0.2, 0) is 6.42 Å². The van der Waals surface area contributed by atoms with Crippen LogP contribution in [0.15, 0.2) is 36.7 Å². The zero-order valence-corrected chi connectivity index (χ0v) is 7.62. The van der Waals surface area contributed by atoms with Crippen molar-refractivity contribution in [3.8, 4) is 11.3 Å². The minimum Gasteiger partial charge on any atom is -0.361 e. The molecule has 13 heavy (non-hydrogen) atoms. The highest BCUT2D eigenvalue weighted by molar-refractivity contribution is 5.61. The molecule has 1 N–H and O–H groups in total. The van der Waals surface area contributed by atoms with Crippen LogP contribution in [0.25, 0.3) is 11.3 Å². The van der Waals surface area contributed by atoms with Crippen molar-refractivity contribution in [3.05, 3.63) is 42.4 Å². The van der Waals surface area contributed by atoms with Gasteiger partial charge in [0, 0.05) is 29.3 Å². The van der Waals surface area contributed by atoms with Crippen LogP contribution in [0.3, 0.4) is 0 Å². The number of H-pyrrole nitrogens is 1. The lowest BCUT2D eigenvalue weighted by atomic mass is 10.1. The Balaban J connectivity index is 2.51. The third kappa shape index (κ3) is 1.47. The highest BCUT2D eigenvalue weighted by atomic mass is 14.7. The molecule has 0 unspecified atom stereocenters. The van der Waals surface area contributed by atoms with Crippen LogP contribution in [0.5, 0.6) is 0 Å². The average Bonchev–Trinajstić information content (AvgIpc) is 2.70. The fourth-order valence-electron chi connectivity index (χ4n) is 1.46. The van der Waals surface area contributed by atoms with E-state index < -0.39 is 0 Å². The smallest absolute Gasteiger partial charge is 0.0493 e. The van der Waals surface area contributed by atoms with Crippen molar-refractivity contribution in [1.29, 1.82) is 0 Å². The predicted molar refractivity (Wildman–Crippen MR) is 53.4 cm³/mol. The zero-order valence-electron chi connectivity index (χ0n) is 7.62. The van der Waals surface area contributed by atoms with Crippen LogP contribution in [0.2, 0.25) is 0 Å². The van der Waals surface area contributed by atoms with Crippen LogP contribution in [0, 0.1) is 0 Å². The Hall–Kier alpha value is -1.57. The molecule has 2 heterocycles. The molecule has 0 aliphatic carbocycles. The number of pyridine rings is 1. The topological polar surface area (TPSA) is 28.7 Å². The Labute approximate surface area is 77.6 Å². The molecule has 2 aromatic heterocycles. The van der Waals surface area contributed by atoms with Gasteiger partial charge in [-0.3, -0.25) is 4.98 Å². The molecule has 66 valence electrons. The lowest BCUT2D eigenvalue weighted by Gasteiger charge is -2.03. The van der Waals surface area contributed by atoms with Gasteiger partial charge in [-0.05, 0) is 30.7 Å². The molecule has 2 nitrogen and oxygen atoms in total. The molecule has 0 aliphatic heterocycles. The molecule has 0 atom stereocenters. The number of aromatic nitrogens is 2. The maximum absolute atomic E-state index is 4.33. The van der Waals surface area contributed by atoms with E-state index in [1.54, 1.807) is 0 Å². The fourth-order valence-corrected chi connectivity index (χ4v) is 1.46. The standard InChI is InChI=1S/C11H12N2/c1-2-10-9(5-3-7-12-10)11-6-4-8-13-11/h3-8,13H,2H2,1H3. The number of nitrogens with zero attached hydrogens (tertiary/aromatic N) is 1. The molecule has 0 saturated carbocycles. The van der Waals surface area contributed by atoms with Crippen molar-refractivity contribution < 1.29 is 0 Å². The highest BCUT2D eigenvalue weighted by Crippen LogP contribution is 2.19. The van der Waals surface area contributed by atoms with Crippen LogP contribution in [-0.4, -0.2) is 9.97 Å². The summed E-state index contributed by atoms with van der Waals surface area (Å²) in [6.45, 7) is 2.12. The maximum Gasteiger partial charge on any atom is 0.0493 e. The van der Waals surface area contributed by atoms with E-state index in [0.29, 0.717) is 0 Å². The second-order valence-electron chi connectivity index (χ2n) is 2.94. The van der Waals surface area contributed by atoms with Crippen LogP contribution < -0.4 is 0 Å². The first kappa shape index (κ1) is 8.05. The minimum absolute atomic E-state index is 0.967. The zero-order chi connectivity index (χ0) is 9.10. The van der Waals surface area contributed by atoms with Gasteiger partial charge in [-0.2, -0.15) is 0 Å². The Kier molecular flexibility index (Phi) is 2.13. The molecule has 2 rings (SSSR count). The molecule has 0 radical (unpaired) electrons. The number of nitrogens with one attached hydrogen (secondary N) is 1. The van der Waals surface area contributed by atoms with Gasteiger partial charge in [0.2, 0.25) is 0 Å². The molecule has 2 heteroatoms. The molecule has 0 spiro atoms. The number of rotatable bonds is 2. The number of aryl methyl sites for hydroxylation is 1. The quantitative estimate of drug-likeness (QED) is 0.741. The minimum atomic E-state index is 0.967. The predicted octanol–water partition coefficient (Wildman–Crippen LogP) is 2.64. The van der Waals surface area contributed by atoms with Crippen LogP contribution >= 0.6 is 0 Å². The van der Waals surface area contributed by atoms with Crippen molar-refractivity contribution in [2.75, 3.05) is 0 Å². The summed E-state index contributed by atoms with van der Waals surface area (Å²) in [6.07, 6.45) is 4.74. The van der Waals surface area contributed by atoms with E-state index in [1.165, 1.54) is 5.56 Å². The third-order valence-corrected chi connectivity index (χ3v) is 2.11. The summed E-state index contributed by atoms with van der Waals surface area (Å²) in [5.74, 6) is 0. The van der Waals surface area contributed by atoms with Gasteiger partial charge in [0.15, 0.2) is 0 Å². The van der Waals surface area contributed by atoms with Gasteiger partial charge in [-0.25, -0.2) is 0 Å². The summed E-state index contributed by atoms with van der Waals surface area (Å²) >= 11 is 0. The van der Waals surface area contributed by atoms with Crippen molar-refractivity contribution in [3.63, 3.8) is 0 Å². The molecule has 0 bridgehead atoms. The number of hydrogen-bond acceptors (Lipinski definition) is 1. The molecular weight excluding hydrogens is 160 g/mol. The molecular formula is C11H12N2. The first-order valence-corrected chi connectivity index (χ1v) is 4.49. The molecule has 2 aromatic rings. The lowest BCUT2D eigenvalue weighted by molar-refractivity contribution is 1.04. The van der Waals surface area contributed by atoms with Crippen molar-refractivity contribution in [1.82, 2.24) is 9.97 Å². The van der Waals surface area contributed by atoms with E-state index in [9.17, 15) is 0 Å². The Morgan fingerprint density at radius 1 is 1.31 bits per heavy atom. The molecule has 0 fully saturated rings. The lowest BCUT2D eigenvalue weighted by Crippen LogP contribution is -1.90. The monoisotopic (exact) mass is 172 g/mol. The molecule has 0 aromatic carbocycles. The Bertz CT molecular complexity index is 377. The fraction of sp³-hybridized carbons (Fsp3) is 0.182. The largest absolute Gasteiger partial charge is 0.361 e. The van der Waals surface area contributed by atoms with E-state index in [0.717, 1.165) is 17.8 Å². The summed E-state index contributed by atoms with van der Waals surface area (Å²) in [6, 6.07) is 8.13. The third-order valence-electron chi connectivity index (χ3n) is 2.11. The van der Waals surface area contributed by atoms with Crippen LogP contribution in [0.4, 0.5) is 0 Å². The SMILES string of the molecule is CCc1ncccc1-c1ccc[nH]1. The van der Waals surface area contributed by atoms with E-state index >= 15 is 0 Å². The Morgan fingerprint density at radius 3 is 2.92 bits per heavy atom. The maximum atomic E-state index is 4.33. The van der Waals surface area contributed by atoms with E-state index in [-0.39, 0.29) is 0 Å². The van der Waals surface area contributed by atoms with E-state index in [2.05, 4.69) is 29.0 Å². The number of hydrogen-bond donors (Lipinski definition) is 1. The van der Waals surface area contributed by atoms with Gasteiger partial charge in [-0.1, -0.05) is 6.92 Å². The van der Waals surface area contributed by atoms with Gasteiger partial charge in [0.05, 0.1) is 0 Å². The first-order chi connectivity index (χ1) is 6.42. The van der Waals surface area contributed by atoms with Crippen molar-refractivity contribution in [2.24, 2.45) is 0 Å². The Morgan fingerprint density at radius 2 is 2.23 bits per heavy atom. The average molecular weight is 172 g/mol. The highest BCUT2D eigenvalue weighted by Gasteiger charge is 2.03. The van der Waals surface area contributed by atoms with Crippen LogP contribution in [0.1, 0.15) is 12.6 Å². The van der Waals surface area contributed by atoms with Crippen molar-refractivity contribution >= 4 is 0 Å². The summed E-state index contributed by atoms with van der Waals surface area (Å²) in [5.41, 5.74) is 3.49. The molecule has 0 amide bonds. The number of aromatic amines is 1. The van der Waals surface area contributed by atoms with Gasteiger partial charge in [0.25, 0.3) is 0 Å². The van der Waals surface area contributed by atoms with E-state index in [1.807, 2.05) is 24.5 Å². The summed E-state index contributed by atoms with van der Waals surface area (Å²) in [4.78, 5) is 7.52. The van der Waals surface area contributed by atoms with E-state index in [4.69, 9.17) is 0 Å². The summed E-state index contributed by atoms with van der Waals surface area (Å²) in [5, 5.41) is 0. The second kappa shape index (κ2) is 3.44.